The van der Waals surface area contributed by atoms with Crippen LogP contribution in [0.15, 0.2) is 60.7 Å². The lowest BCUT2D eigenvalue weighted by molar-refractivity contribution is -0.280. The number of ether oxygens (including phenoxy) is 2. The van der Waals surface area contributed by atoms with Crippen LogP contribution < -0.4 is 0 Å². The predicted molar refractivity (Wildman–Crippen MR) is 109 cm³/mol. The molecule has 4 rings (SSSR count). The zero-order chi connectivity index (χ0) is 20.9. The van der Waals surface area contributed by atoms with Crippen molar-refractivity contribution < 1.29 is 24.5 Å². The maximum atomic E-state index is 10.7. The third-order valence-electron chi connectivity index (χ3n) is 5.09. The van der Waals surface area contributed by atoms with Gasteiger partial charge >= 0.3 is 5.97 Å². The van der Waals surface area contributed by atoms with Gasteiger partial charge in [-0.3, -0.25) is 4.79 Å². The zero-order valence-corrected chi connectivity index (χ0v) is 16.3. The van der Waals surface area contributed by atoms with Gasteiger partial charge in [0.2, 0.25) is 0 Å². The quantitative estimate of drug-likeness (QED) is 0.572. The molecule has 2 heterocycles. The second kappa shape index (κ2) is 9.06. The van der Waals surface area contributed by atoms with E-state index in [9.17, 15) is 9.90 Å². The molecule has 30 heavy (non-hydrogen) atoms. The number of phenols is 1. The van der Waals surface area contributed by atoms with E-state index in [1.165, 1.54) is 0 Å². The summed E-state index contributed by atoms with van der Waals surface area (Å²) in [5.41, 5.74) is 2.22. The first kappa shape index (κ1) is 20.1. The summed E-state index contributed by atoms with van der Waals surface area (Å²) in [7, 11) is 0. The molecular formula is C22H23N3O5. The summed E-state index contributed by atoms with van der Waals surface area (Å²) in [5, 5.41) is 27.5. The van der Waals surface area contributed by atoms with Crippen molar-refractivity contribution in [3.63, 3.8) is 0 Å². The molecule has 3 aromatic rings. The standard InChI is InChI=1S/C22H23N3O5/c26-19-12-7-4-9-16(19)21-15(8-2-1-3-13-20(27)28)14-29-22(30-21)25-18-11-6-5-10-17(18)23-24-25/h1-2,4-7,9-12,15,21-22,26H,3,8,13-14H2,(H,27,28)/b2-1-/t15-,21+,22?/m1/s1. The fourth-order valence-corrected chi connectivity index (χ4v) is 3.58. The number of para-hydroxylation sites is 2. The molecule has 2 aromatic carbocycles. The van der Waals surface area contributed by atoms with E-state index in [2.05, 4.69) is 10.3 Å². The summed E-state index contributed by atoms with van der Waals surface area (Å²) in [6.45, 7) is 0.390. The first-order valence-corrected chi connectivity index (χ1v) is 9.85. The van der Waals surface area contributed by atoms with Gasteiger partial charge in [-0.15, -0.1) is 5.10 Å². The SMILES string of the molecule is O=C(O)CC/C=C\C[C@@H]1COC(n2nnc3ccccc32)O[C@@H]1c1ccccc1O. The van der Waals surface area contributed by atoms with Crippen molar-refractivity contribution in [1.29, 1.82) is 0 Å². The molecule has 3 atom stereocenters. The Morgan fingerprint density at radius 2 is 1.97 bits per heavy atom. The fourth-order valence-electron chi connectivity index (χ4n) is 3.58. The van der Waals surface area contributed by atoms with Crippen LogP contribution in [0.5, 0.6) is 5.75 Å². The number of phenolic OH excluding ortho intramolecular Hbond substituents is 1. The molecule has 1 aliphatic rings. The maximum Gasteiger partial charge on any atom is 0.303 e. The van der Waals surface area contributed by atoms with Crippen molar-refractivity contribution in [3.05, 3.63) is 66.2 Å². The molecule has 8 nitrogen and oxygen atoms in total. The van der Waals surface area contributed by atoms with Gasteiger partial charge in [-0.05, 0) is 31.0 Å². The number of aromatic nitrogens is 3. The van der Waals surface area contributed by atoms with Crippen LogP contribution in [0.4, 0.5) is 0 Å². The maximum absolute atomic E-state index is 10.7. The number of fused-ring (bicyclic) bond motifs is 1. The van der Waals surface area contributed by atoms with Crippen LogP contribution in [0.2, 0.25) is 0 Å². The van der Waals surface area contributed by atoms with Gasteiger partial charge in [0.25, 0.3) is 6.41 Å². The van der Waals surface area contributed by atoms with Crippen molar-refractivity contribution in [1.82, 2.24) is 15.0 Å². The Hall–Kier alpha value is -3.23. The molecule has 0 spiro atoms. The fraction of sp³-hybridized carbons (Fsp3) is 0.318. The molecule has 1 unspecified atom stereocenters. The highest BCUT2D eigenvalue weighted by molar-refractivity contribution is 5.73. The van der Waals surface area contributed by atoms with E-state index in [1.807, 2.05) is 48.6 Å². The lowest BCUT2D eigenvalue weighted by atomic mass is 9.91. The zero-order valence-electron chi connectivity index (χ0n) is 16.3. The monoisotopic (exact) mass is 409 g/mol. The average molecular weight is 409 g/mol. The van der Waals surface area contributed by atoms with Crippen LogP contribution in [0.25, 0.3) is 11.0 Å². The van der Waals surface area contributed by atoms with E-state index in [1.54, 1.807) is 16.8 Å². The van der Waals surface area contributed by atoms with Crippen LogP contribution in [0.3, 0.4) is 0 Å². The normalized spacial score (nSPS) is 21.9. The minimum atomic E-state index is -0.820. The van der Waals surface area contributed by atoms with Crippen LogP contribution in [-0.2, 0) is 14.3 Å². The van der Waals surface area contributed by atoms with E-state index >= 15 is 0 Å². The number of carbonyl (C=O) groups is 1. The Labute approximate surface area is 173 Å². The summed E-state index contributed by atoms with van der Waals surface area (Å²) < 4.78 is 13.8. The molecule has 1 aliphatic heterocycles. The van der Waals surface area contributed by atoms with Crippen molar-refractivity contribution in [3.8, 4) is 5.75 Å². The molecule has 0 saturated carbocycles. The molecule has 0 aliphatic carbocycles. The highest BCUT2D eigenvalue weighted by atomic mass is 16.7. The van der Waals surface area contributed by atoms with E-state index < -0.39 is 18.5 Å². The summed E-state index contributed by atoms with van der Waals surface area (Å²) in [5.74, 6) is -0.712. The van der Waals surface area contributed by atoms with Gasteiger partial charge in [0.15, 0.2) is 0 Å². The Balaban J connectivity index is 1.55. The van der Waals surface area contributed by atoms with E-state index in [0.717, 1.165) is 11.0 Å². The largest absolute Gasteiger partial charge is 0.508 e. The predicted octanol–water partition coefficient (Wildman–Crippen LogP) is 3.81. The van der Waals surface area contributed by atoms with Gasteiger partial charge in [-0.25, -0.2) is 0 Å². The molecule has 1 fully saturated rings. The molecular weight excluding hydrogens is 386 g/mol. The minimum Gasteiger partial charge on any atom is -0.508 e. The van der Waals surface area contributed by atoms with Crippen molar-refractivity contribution in [2.24, 2.45) is 5.92 Å². The number of carboxylic acids is 1. The topological polar surface area (TPSA) is 107 Å². The Bertz CT molecular complexity index is 1050. The lowest BCUT2D eigenvalue weighted by Gasteiger charge is -2.36. The molecule has 2 N–H and O–H groups in total. The van der Waals surface area contributed by atoms with Crippen molar-refractivity contribution in [2.45, 2.75) is 31.8 Å². The van der Waals surface area contributed by atoms with Gasteiger partial charge in [0.1, 0.15) is 11.3 Å². The van der Waals surface area contributed by atoms with Crippen LogP contribution in [-0.4, -0.2) is 37.8 Å². The van der Waals surface area contributed by atoms with Crippen molar-refractivity contribution >= 4 is 17.0 Å². The van der Waals surface area contributed by atoms with Gasteiger partial charge in [-0.2, -0.15) is 4.68 Å². The summed E-state index contributed by atoms with van der Waals surface area (Å²) >= 11 is 0. The molecule has 1 saturated heterocycles. The highest BCUT2D eigenvalue weighted by Crippen LogP contribution is 2.41. The number of benzene rings is 2. The van der Waals surface area contributed by atoms with Crippen molar-refractivity contribution in [2.75, 3.05) is 6.61 Å². The van der Waals surface area contributed by atoms with Crippen LogP contribution >= 0.6 is 0 Å². The van der Waals surface area contributed by atoms with Crippen LogP contribution in [0.1, 0.15) is 37.3 Å². The molecule has 0 bridgehead atoms. The molecule has 0 radical (unpaired) electrons. The van der Waals surface area contributed by atoms with E-state index in [-0.39, 0.29) is 18.1 Å². The van der Waals surface area contributed by atoms with E-state index in [4.69, 9.17) is 14.6 Å². The number of aromatic hydroxyl groups is 1. The highest BCUT2D eigenvalue weighted by Gasteiger charge is 2.35. The van der Waals surface area contributed by atoms with Crippen LogP contribution in [0, 0.1) is 5.92 Å². The summed E-state index contributed by atoms with van der Waals surface area (Å²) in [4.78, 5) is 10.7. The minimum absolute atomic E-state index is 0.0505. The number of aliphatic carboxylic acids is 1. The first-order chi connectivity index (χ1) is 14.6. The lowest BCUT2D eigenvalue weighted by Crippen LogP contribution is -2.33. The summed E-state index contributed by atoms with van der Waals surface area (Å²) in [6.07, 6.45) is 3.80. The average Bonchev–Trinajstić information content (AvgIpc) is 3.18. The number of nitrogens with zero attached hydrogens (tertiary/aromatic N) is 3. The number of carboxylic acid groups (broad SMARTS) is 1. The Morgan fingerprint density at radius 3 is 2.80 bits per heavy atom. The molecule has 1 aromatic heterocycles. The van der Waals surface area contributed by atoms with Gasteiger partial charge < -0.3 is 19.7 Å². The number of hydrogen-bond acceptors (Lipinski definition) is 6. The third kappa shape index (κ3) is 4.34. The summed E-state index contributed by atoms with van der Waals surface area (Å²) in [6, 6.07) is 14.6. The number of rotatable bonds is 7. The number of allylic oxidation sites excluding steroid dienone is 2. The molecule has 0 amide bonds. The van der Waals surface area contributed by atoms with E-state index in [0.29, 0.717) is 25.0 Å². The Morgan fingerprint density at radius 1 is 1.17 bits per heavy atom. The molecule has 156 valence electrons. The third-order valence-corrected chi connectivity index (χ3v) is 5.09. The second-order valence-electron chi connectivity index (χ2n) is 7.18. The molecule has 8 heteroatoms. The smallest absolute Gasteiger partial charge is 0.303 e. The second-order valence-corrected chi connectivity index (χ2v) is 7.18. The van der Waals surface area contributed by atoms with Gasteiger partial charge in [-0.1, -0.05) is 47.7 Å². The van der Waals surface area contributed by atoms with Gasteiger partial charge in [0, 0.05) is 17.9 Å². The first-order valence-electron chi connectivity index (χ1n) is 9.85. The Kier molecular flexibility index (Phi) is 6.06. The van der Waals surface area contributed by atoms with Gasteiger partial charge in [0.05, 0.1) is 18.2 Å². The number of hydrogen-bond donors (Lipinski definition) is 2.